The molecule has 0 atom stereocenters. The molecule has 78 valence electrons. The SMILES string of the molecule is CCCC1(CNc2nnc(C)s2)CC1. The maximum absolute atomic E-state index is 4.06. The van der Waals surface area contributed by atoms with Gasteiger partial charge in [0.2, 0.25) is 5.13 Å². The summed E-state index contributed by atoms with van der Waals surface area (Å²) in [5, 5.41) is 13.5. The van der Waals surface area contributed by atoms with Crippen LogP contribution in [0.4, 0.5) is 5.13 Å². The van der Waals surface area contributed by atoms with Crippen molar-refractivity contribution in [3.63, 3.8) is 0 Å². The van der Waals surface area contributed by atoms with Crippen molar-refractivity contribution >= 4 is 16.5 Å². The van der Waals surface area contributed by atoms with E-state index in [0.29, 0.717) is 5.41 Å². The number of aryl methyl sites for hydroxylation is 1. The van der Waals surface area contributed by atoms with E-state index in [4.69, 9.17) is 0 Å². The standard InChI is InChI=1S/C10H17N3S/c1-3-4-10(5-6-10)7-11-9-13-12-8(2)14-9/h3-7H2,1-2H3,(H,11,13). The van der Waals surface area contributed by atoms with Gasteiger partial charge in [0.15, 0.2) is 0 Å². The van der Waals surface area contributed by atoms with E-state index in [0.717, 1.165) is 16.7 Å². The zero-order valence-electron chi connectivity index (χ0n) is 8.84. The Balaban J connectivity index is 1.82. The Labute approximate surface area is 88.9 Å². The van der Waals surface area contributed by atoms with E-state index in [1.54, 1.807) is 11.3 Å². The highest BCUT2D eigenvalue weighted by Crippen LogP contribution is 2.49. The van der Waals surface area contributed by atoms with Crippen LogP contribution in [-0.2, 0) is 0 Å². The third kappa shape index (κ3) is 2.23. The van der Waals surface area contributed by atoms with Crippen molar-refractivity contribution in [3.8, 4) is 0 Å². The summed E-state index contributed by atoms with van der Waals surface area (Å²) >= 11 is 1.64. The van der Waals surface area contributed by atoms with Gasteiger partial charge in [-0.15, -0.1) is 10.2 Å². The minimum Gasteiger partial charge on any atom is -0.360 e. The number of hydrogen-bond acceptors (Lipinski definition) is 4. The molecule has 0 radical (unpaired) electrons. The highest BCUT2D eigenvalue weighted by molar-refractivity contribution is 7.15. The first-order chi connectivity index (χ1) is 6.74. The highest BCUT2D eigenvalue weighted by Gasteiger charge is 2.41. The van der Waals surface area contributed by atoms with Gasteiger partial charge in [-0.1, -0.05) is 24.7 Å². The summed E-state index contributed by atoms with van der Waals surface area (Å²) in [5.41, 5.74) is 0.592. The lowest BCUT2D eigenvalue weighted by atomic mass is 10.0. The van der Waals surface area contributed by atoms with Crippen molar-refractivity contribution in [1.82, 2.24) is 10.2 Å². The van der Waals surface area contributed by atoms with Crippen molar-refractivity contribution in [2.75, 3.05) is 11.9 Å². The summed E-state index contributed by atoms with van der Waals surface area (Å²) in [6, 6.07) is 0. The van der Waals surface area contributed by atoms with Crippen molar-refractivity contribution < 1.29 is 0 Å². The normalized spacial score (nSPS) is 18.1. The molecular formula is C10H17N3S. The first-order valence-corrected chi connectivity index (χ1v) is 6.10. The molecule has 0 unspecified atom stereocenters. The third-order valence-electron chi connectivity index (χ3n) is 2.88. The topological polar surface area (TPSA) is 37.8 Å². The van der Waals surface area contributed by atoms with E-state index in [1.807, 2.05) is 6.92 Å². The lowest BCUT2D eigenvalue weighted by Crippen LogP contribution is -2.14. The molecule has 1 heterocycles. The number of nitrogens with zero attached hydrogens (tertiary/aromatic N) is 2. The molecule has 1 saturated carbocycles. The third-order valence-corrected chi connectivity index (χ3v) is 3.67. The summed E-state index contributed by atoms with van der Waals surface area (Å²) in [6.07, 6.45) is 5.39. The minimum absolute atomic E-state index is 0.592. The van der Waals surface area contributed by atoms with Crippen molar-refractivity contribution in [1.29, 1.82) is 0 Å². The number of nitrogens with one attached hydrogen (secondary N) is 1. The monoisotopic (exact) mass is 211 g/mol. The number of aromatic nitrogens is 2. The van der Waals surface area contributed by atoms with Gasteiger partial charge in [-0.2, -0.15) is 0 Å². The zero-order chi connectivity index (χ0) is 10.0. The fourth-order valence-electron chi connectivity index (χ4n) is 1.85. The minimum atomic E-state index is 0.592. The summed E-state index contributed by atoms with van der Waals surface area (Å²) < 4.78 is 0. The van der Waals surface area contributed by atoms with Crippen LogP contribution in [0.25, 0.3) is 0 Å². The van der Waals surface area contributed by atoms with E-state index in [2.05, 4.69) is 22.4 Å². The second kappa shape index (κ2) is 3.85. The lowest BCUT2D eigenvalue weighted by molar-refractivity contribution is 0.485. The molecule has 0 spiro atoms. The molecule has 1 aromatic rings. The molecule has 0 bridgehead atoms. The number of anilines is 1. The van der Waals surface area contributed by atoms with Gasteiger partial charge < -0.3 is 5.32 Å². The molecular weight excluding hydrogens is 194 g/mol. The molecule has 0 saturated heterocycles. The zero-order valence-corrected chi connectivity index (χ0v) is 9.65. The summed E-state index contributed by atoms with van der Waals surface area (Å²) in [5.74, 6) is 0. The first kappa shape index (κ1) is 9.90. The second-order valence-electron chi connectivity index (χ2n) is 4.23. The fraction of sp³-hybridized carbons (Fsp3) is 0.800. The van der Waals surface area contributed by atoms with Gasteiger partial charge in [-0.3, -0.25) is 0 Å². The van der Waals surface area contributed by atoms with Gasteiger partial charge >= 0.3 is 0 Å². The van der Waals surface area contributed by atoms with E-state index in [1.165, 1.54) is 25.7 Å². The quantitative estimate of drug-likeness (QED) is 0.813. The molecule has 1 aliphatic carbocycles. The maximum atomic E-state index is 4.06. The van der Waals surface area contributed by atoms with Crippen LogP contribution in [0.2, 0.25) is 0 Å². The van der Waals surface area contributed by atoms with Crippen LogP contribution in [0.15, 0.2) is 0 Å². The van der Waals surface area contributed by atoms with Crippen molar-refractivity contribution in [2.45, 2.75) is 39.5 Å². The Morgan fingerprint density at radius 3 is 2.71 bits per heavy atom. The molecule has 1 fully saturated rings. The lowest BCUT2D eigenvalue weighted by Gasteiger charge is -2.13. The Bertz CT molecular complexity index is 304. The van der Waals surface area contributed by atoms with Gasteiger partial charge in [0.25, 0.3) is 0 Å². The van der Waals surface area contributed by atoms with Crippen LogP contribution in [0.1, 0.15) is 37.6 Å². The molecule has 0 aliphatic heterocycles. The van der Waals surface area contributed by atoms with Crippen molar-refractivity contribution in [2.24, 2.45) is 5.41 Å². The van der Waals surface area contributed by atoms with Crippen LogP contribution >= 0.6 is 11.3 Å². The highest BCUT2D eigenvalue weighted by atomic mass is 32.1. The molecule has 0 aromatic carbocycles. The van der Waals surface area contributed by atoms with Crippen LogP contribution in [0.3, 0.4) is 0 Å². The van der Waals surface area contributed by atoms with E-state index < -0.39 is 0 Å². The van der Waals surface area contributed by atoms with Gasteiger partial charge in [0.05, 0.1) is 0 Å². The molecule has 1 N–H and O–H groups in total. The van der Waals surface area contributed by atoms with Gasteiger partial charge in [0.1, 0.15) is 5.01 Å². The Morgan fingerprint density at radius 2 is 2.21 bits per heavy atom. The van der Waals surface area contributed by atoms with Crippen LogP contribution in [0.5, 0.6) is 0 Å². The molecule has 4 heteroatoms. The van der Waals surface area contributed by atoms with Crippen LogP contribution in [0, 0.1) is 12.3 Å². The van der Waals surface area contributed by atoms with Gasteiger partial charge in [-0.25, -0.2) is 0 Å². The summed E-state index contributed by atoms with van der Waals surface area (Å²) in [6.45, 7) is 5.33. The largest absolute Gasteiger partial charge is 0.360 e. The average molecular weight is 211 g/mol. The molecule has 14 heavy (non-hydrogen) atoms. The van der Waals surface area contributed by atoms with E-state index in [9.17, 15) is 0 Å². The second-order valence-corrected chi connectivity index (χ2v) is 5.41. The Hall–Kier alpha value is -0.640. The van der Waals surface area contributed by atoms with E-state index in [-0.39, 0.29) is 0 Å². The Kier molecular flexibility index (Phi) is 2.72. The Morgan fingerprint density at radius 1 is 1.43 bits per heavy atom. The molecule has 1 aliphatic rings. The summed E-state index contributed by atoms with van der Waals surface area (Å²) in [7, 11) is 0. The first-order valence-electron chi connectivity index (χ1n) is 5.28. The van der Waals surface area contributed by atoms with Crippen LogP contribution in [-0.4, -0.2) is 16.7 Å². The van der Waals surface area contributed by atoms with Gasteiger partial charge in [0, 0.05) is 6.54 Å². The molecule has 3 nitrogen and oxygen atoms in total. The maximum Gasteiger partial charge on any atom is 0.205 e. The predicted octanol–water partition coefficient (Wildman–Crippen LogP) is 2.84. The predicted molar refractivity (Wildman–Crippen MR) is 59.7 cm³/mol. The average Bonchev–Trinajstić information content (AvgIpc) is 2.80. The molecule has 1 aromatic heterocycles. The van der Waals surface area contributed by atoms with Crippen molar-refractivity contribution in [3.05, 3.63) is 5.01 Å². The van der Waals surface area contributed by atoms with Gasteiger partial charge in [-0.05, 0) is 31.6 Å². The van der Waals surface area contributed by atoms with E-state index >= 15 is 0 Å². The fourth-order valence-corrected chi connectivity index (χ4v) is 2.44. The smallest absolute Gasteiger partial charge is 0.205 e. The molecule has 0 amide bonds. The summed E-state index contributed by atoms with van der Waals surface area (Å²) in [4.78, 5) is 0. The number of rotatable bonds is 5. The van der Waals surface area contributed by atoms with Crippen LogP contribution < -0.4 is 5.32 Å². The number of hydrogen-bond donors (Lipinski definition) is 1. The molecule has 2 rings (SSSR count).